The van der Waals surface area contributed by atoms with Crippen molar-refractivity contribution in [1.29, 1.82) is 0 Å². The van der Waals surface area contributed by atoms with Gasteiger partial charge in [-0.15, -0.1) is 0 Å². The van der Waals surface area contributed by atoms with E-state index in [1.54, 1.807) is 30.3 Å². The molecular weight excluding hydrogens is 220 g/mol. The number of nitrogens with two attached hydrogens (primary N) is 1. The van der Waals surface area contributed by atoms with Crippen molar-refractivity contribution in [2.45, 2.75) is 6.54 Å². The number of nitrogens with one attached hydrogen (secondary N) is 1. The molecule has 0 aliphatic heterocycles. The summed E-state index contributed by atoms with van der Waals surface area (Å²) in [5.74, 6) is 1.25. The van der Waals surface area contributed by atoms with Crippen molar-refractivity contribution in [2.75, 3.05) is 24.7 Å². The Bertz CT molecular complexity index is 483. The summed E-state index contributed by atoms with van der Waals surface area (Å²) in [6.45, 7) is 1.41. The Morgan fingerprint density at radius 2 is 2.35 bits per heavy atom. The molecule has 2 aromatic heterocycles. The van der Waals surface area contributed by atoms with Crippen molar-refractivity contribution in [1.82, 2.24) is 19.7 Å². The number of anilines is 2. The number of nitrogens with zero attached hydrogens (tertiary/aromatic N) is 4. The van der Waals surface area contributed by atoms with Crippen LogP contribution in [0.3, 0.4) is 0 Å². The number of aromatic nitrogens is 4. The molecule has 7 heteroatoms. The average molecular weight is 234 g/mol. The van der Waals surface area contributed by atoms with E-state index in [2.05, 4.69) is 20.4 Å². The maximum Gasteiger partial charge on any atom is 0.218 e. The quantitative estimate of drug-likeness (QED) is 0.777. The topological polar surface area (TPSA) is 90.9 Å². The molecule has 0 spiro atoms. The third kappa shape index (κ3) is 3.07. The number of ether oxygens (including phenoxy) is 1. The fourth-order valence-corrected chi connectivity index (χ4v) is 1.35. The van der Waals surface area contributed by atoms with Crippen LogP contribution in [0.15, 0.2) is 24.8 Å². The summed E-state index contributed by atoms with van der Waals surface area (Å²) in [5.41, 5.74) is 6.22. The fraction of sp³-hybridized carbons (Fsp3) is 0.300. The number of hydrogen-bond acceptors (Lipinski definition) is 6. The molecule has 0 saturated carbocycles. The van der Waals surface area contributed by atoms with Crippen LogP contribution in [0.2, 0.25) is 0 Å². The van der Waals surface area contributed by atoms with Gasteiger partial charge in [0.05, 0.1) is 25.5 Å². The molecule has 0 amide bonds. The van der Waals surface area contributed by atoms with Crippen LogP contribution in [0.25, 0.3) is 0 Å². The van der Waals surface area contributed by atoms with Crippen molar-refractivity contribution in [3.05, 3.63) is 24.8 Å². The van der Waals surface area contributed by atoms with Crippen LogP contribution < -0.4 is 15.8 Å². The largest absolute Gasteiger partial charge is 0.481 e. The van der Waals surface area contributed by atoms with Gasteiger partial charge in [0.15, 0.2) is 0 Å². The molecule has 0 aliphatic rings. The van der Waals surface area contributed by atoms with Gasteiger partial charge in [-0.25, -0.2) is 9.97 Å². The van der Waals surface area contributed by atoms with Crippen LogP contribution in [-0.2, 0) is 6.54 Å². The first kappa shape index (κ1) is 11.2. The molecule has 3 N–H and O–H groups in total. The van der Waals surface area contributed by atoms with E-state index in [4.69, 9.17) is 10.5 Å². The molecular formula is C10H14N6O. The van der Waals surface area contributed by atoms with Gasteiger partial charge in [-0.05, 0) is 0 Å². The van der Waals surface area contributed by atoms with Gasteiger partial charge < -0.3 is 15.8 Å². The van der Waals surface area contributed by atoms with Crippen LogP contribution in [0.4, 0.5) is 11.5 Å². The second kappa shape index (κ2) is 5.15. The lowest BCUT2D eigenvalue weighted by atomic mass is 10.5. The predicted molar refractivity (Wildman–Crippen MR) is 63.7 cm³/mol. The number of hydrogen-bond donors (Lipinski definition) is 2. The molecule has 2 rings (SSSR count). The van der Waals surface area contributed by atoms with Gasteiger partial charge in [-0.2, -0.15) is 5.10 Å². The first-order chi connectivity index (χ1) is 8.28. The highest BCUT2D eigenvalue weighted by Crippen LogP contribution is 2.09. The van der Waals surface area contributed by atoms with Gasteiger partial charge in [-0.1, -0.05) is 0 Å². The average Bonchev–Trinajstić information content (AvgIpc) is 2.75. The Kier molecular flexibility index (Phi) is 3.39. The van der Waals surface area contributed by atoms with Gasteiger partial charge >= 0.3 is 0 Å². The summed E-state index contributed by atoms with van der Waals surface area (Å²) in [4.78, 5) is 7.99. The zero-order chi connectivity index (χ0) is 12.1. The normalized spacial score (nSPS) is 10.2. The Hall–Kier alpha value is -2.31. The highest BCUT2D eigenvalue weighted by Gasteiger charge is 1.98. The Balaban J connectivity index is 1.85. The molecule has 2 aromatic rings. The molecule has 0 radical (unpaired) electrons. The van der Waals surface area contributed by atoms with Gasteiger partial charge in [-0.3, -0.25) is 4.68 Å². The summed E-state index contributed by atoms with van der Waals surface area (Å²) in [6.07, 6.45) is 4.85. The summed E-state index contributed by atoms with van der Waals surface area (Å²) in [7, 11) is 1.57. The lowest BCUT2D eigenvalue weighted by Crippen LogP contribution is -2.11. The van der Waals surface area contributed by atoms with E-state index in [1.165, 1.54) is 6.33 Å². The zero-order valence-electron chi connectivity index (χ0n) is 9.50. The van der Waals surface area contributed by atoms with Gasteiger partial charge in [0.2, 0.25) is 5.88 Å². The van der Waals surface area contributed by atoms with Crippen molar-refractivity contribution in [3.63, 3.8) is 0 Å². The lowest BCUT2D eigenvalue weighted by molar-refractivity contribution is 0.397. The van der Waals surface area contributed by atoms with Crippen molar-refractivity contribution in [3.8, 4) is 5.88 Å². The molecule has 0 aromatic carbocycles. The highest BCUT2D eigenvalue weighted by atomic mass is 16.5. The first-order valence-electron chi connectivity index (χ1n) is 5.16. The van der Waals surface area contributed by atoms with E-state index in [1.807, 2.05) is 0 Å². The van der Waals surface area contributed by atoms with E-state index in [9.17, 15) is 0 Å². The summed E-state index contributed by atoms with van der Waals surface area (Å²) < 4.78 is 6.76. The minimum absolute atomic E-state index is 0.533. The molecule has 0 bridgehead atoms. The molecule has 2 heterocycles. The van der Waals surface area contributed by atoms with E-state index >= 15 is 0 Å². The minimum atomic E-state index is 0.533. The number of nitrogen functional groups attached to an aromatic ring is 1. The van der Waals surface area contributed by atoms with Gasteiger partial charge in [0.1, 0.15) is 12.1 Å². The molecule has 90 valence electrons. The molecule has 0 atom stereocenters. The van der Waals surface area contributed by atoms with E-state index < -0.39 is 0 Å². The van der Waals surface area contributed by atoms with Crippen molar-refractivity contribution < 1.29 is 4.74 Å². The van der Waals surface area contributed by atoms with Crippen LogP contribution in [0.1, 0.15) is 0 Å². The maximum absolute atomic E-state index is 5.56. The predicted octanol–water partition coefficient (Wildman–Crippen LogP) is 0.376. The van der Waals surface area contributed by atoms with E-state index in [-0.39, 0.29) is 0 Å². The van der Waals surface area contributed by atoms with Gasteiger partial charge in [0, 0.05) is 18.8 Å². The Morgan fingerprint density at radius 1 is 1.47 bits per heavy atom. The summed E-state index contributed by atoms with van der Waals surface area (Å²) >= 11 is 0. The summed E-state index contributed by atoms with van der Waals surface area (Å²) in [6, 6.07) is 1.73. The highest BCUT2D eigenvalue weighted by molar-refractivity contribution is 5.36. The molecule has 0 fully saturated rings. The second-order valence-electron chi connectivity index (χ2n) is 3.41. The Labute approximate surface area is 98.6 Å². The first-order valence-corrected chi connectivity index (χ1v) is 5.16. The van der Waals surface area contributed by atoms with Gasteiger partial charge in [0.25, 0.3) is 0 Å². The standard InChI is InChI=1S/C10H14N6O/c1-17-10-4-9(13-7-14-10)12-2-3-16-6-8(11)5-15-16/h4-7H,2-3,11H2,1H3,(H,12,13,14). The fourth-order valence-electron chi connectivity index (χ4n) is 1.35. The third-order valence-electron chi connectivity index (χ3n) is 2.15. The molecule has 0 saturated heterocycles. The molecule has 7 nitrogen and oxygen atoms in total. The van der Waals surface area contributed by atoms with Crippen LogP contribution in [-0.4, -0.2) is 33.4 Å². The monoisotopic (exact) mass is 234 g/mol. The third-order valence-corrected chi connectivity index (χ3v) is 2.15. The van der Waals surface area contributed by atoms with Crippen molar-refractivity contribution >= 4 is 11.5 Å². The van der Waals surface area contributed by atoms with Crippen LogP contribution >= 0.6 is 0 Å². The zero-order valence-corrected chi connectivity index (χ0v) is 9.50. The second-order valence-corrected chi connectivity index (χ2v) is 3.41. The van der Waals surface area contributed by atoms with E-state index in [0.717, 1.165) is 5.82 Å². The summed E-state index contributed by atoms with van der Waals surface area (Å²) in [5, 5.41) is 7.22. The Morgan fingerprint density at radius 3 is 3.06 bits per heavy atom. The minimum Gasteiger partial charge on any atom is -0.481 e. The maximum atomic E-state index is 5.56. The van der Waals surface area contributed by atoms with Crippen molar-refractivity contribution in [2.24, 2.45) is 0 Å². The molecule has 0 aliphatic carbocycles. The smallest absolute Gasteiger partial charge is 0.218 e. The van der Waals surface area contributed by atoms with Crippen LogP contribution in [0.5, 0.6) is 5.88 Å². The molecule has 17 heavy (non-hydrogen) atoms. The number of methoxy groups -OCH3 is 1. The van der Waals surface area contributed by atoms with E-state index in [0.29, 0.717) is 24.7 Å². The van der Waals surface area contributed by atoms with Crippen LogP contribution in [0, 0.1) is 0 Å². The number of rotatable bonds is 5. The lowest BCUT2D eigenvalue weighted by Gasteiger charge is -2.06. The SMILES string of the molecule is COc1cc(NCCn2cc(N)cn2)ncn1. The molecule has 0 unspecified atom stereocenters.